The molecule has 0 radical (unpaired) electrons. The standard InChI is InChI=1S/C16H26N4O5/c1-3-5-9-19-14(17)13(18-11(21)7-8-12(22)23)15(24)20(16(19)25)10-6-4-2/h3-10,17H2,1-2H3,(H,18,21)(H,22,23). The number of rotatable bonds is 10. The monoisotopic (exact) mass is 354 g/mol. The van der Waals surface area contributed by atoms with Gasteiger partial charge in [-0.15, -0.1) is 0 Å². The maximum Gasteiger partial charge on any atom is 0.332 e. The number of nitrogens with one attached hydrogen (secondary N) is 1. The summed E-state index contributed by atoms with van der Waals surface area (Å²) in [7, 11) is 0. The number of carbonyl (C=O) groups excluding carboxylic acids is 1. The number of aliphatic carboxylic acids is 1. The van der Waals surface area contributed by atoms with Crippen molar-refractivity contribution in [3.05, 3.63) is 20.8 Å². The molecule has 1 rings (SSSR count). The second-order valence-electron chi connectivity index (χ2n) is 5.80. The molecule has 140 valence electrons. The van der Waals surface area contributed by atoms with Gasteiger partial charge in [-0.05, 0) is 12.8 Å². The van der Waals surface area contributed by atoms with E-state index in [1.54, 1.807) is 0 Å². The van der Waals surface area contributed by atoms with Crippen molar-refractivity contribution in [1.29, 1.82) is 0 Å². The Balaban J connectivity index is 3.29. The SMILES string of the molecule is CCCCn1c(N)c(NC(=O)CCC(=O)O)c(=O)n(CCCC)c1=O. The van der Waals surface area contributed by atoms with Gasteiger partial charge >= 0.3 is 11.7 Å². The Hall–Kier alpha value is -2.58. The fourth-order valence-corrected chi connectivity index (χ4v) is 2.30. The largest absolute Gasteiger partial charge is 0.481 e. The van der Waals surface area contributed by atoms with Crippen LogP contribution >= 0.6 is 0 Å². The molecule has 0 saturated carbocycles. The molecule has 0 atom stereocenters. The third-order valence-corrected chi connectivity index (χ3v) is 3.77. The van der Waals surface area contributed by atoms with Gasteiger partial charge in [0.1, 0.15) is 11.5 Å². The third kappa shape index (κ3) is 5.47. The molecule has 1 aromatic rings. The lowest BCUT2D eigenvalue weighted by atomic mass is 10.3. The van der Waals surface area contributed by atoms with Crippen LogP contribution in [0.2, 0.25) is 0 Å². The maximum absolute atomic E-state index is 12.6. The van der Waals surface area contributed by atoms with Gasteiger partial charge in [-0.3, -0.25) is 23.5 Å². The summed E-state index contributed by atoms with van der Waals surface area (Å²) in [5, 5.41) is 11.0. The minimum absolute atomic E-state index is 0.0973. The molecular formula is C16H26N4O5. The molecule has 0 unspecified atom stereocenters. The van der Waals surface area contributed by atoms with Crippen molar-refractivity contribution < 1.29 is 14.7 Å². The Labute approximate surface area is 145 Å². The van der Waals surface area contributed by atoms with Crippen LogP contribution in [0.5, 0.6) is 0 Å². The highest BCUT2D eigenvalue weighted by atomic mass is 16.4. The molecule has 9 nitrogen and oxygen atoms in total. The van der Waals surface area contributed by atoms with Crippen molar-refractivity contribution in [2.45, 2.75) is 65.5 Å². The molecule has 1 heterocycles. The minimum Gasteiger partial charge on any atom is -0.481 e. The zero-order valence-electron chi connectivity index (χ0n) is 14.7. The summed E-state index contributed by atoms with van der Waals surface area (Å²) in [6, 6.07) is 0. The number of hydrogen-bond donors (Lipinski definition) is 3. The summed E-state index contributed by atoms with van der Waals surface area (Å²) in [6.07, 6.45) is 2.33. The van der Waals surface area contributed by atoms with Gasteiger partial charge in [-0.1, -0.05) is 26.7 Å². The van der Waals surface area contributed by atoms with Crippen molar-refractivity contribution in [3.63, 3.8) is 0 Å². The lowest BCUT2D eigenvalue weighted by Gasteiger charge is -2.17. The van der Waals surface area contributed by atoms with E-state index in [1.165, 1.54) is 4.57 Å². The normalized spacial score (nSPS) is 10.6. The van der Waals surface area contributed by atoms with Crippen molar-refractivity contribution in [3.8, 4) is 0 Å². The number of unbranched alkanes of at least 4 members (excludes halogenated alkanes) is 2. The topological polar surface area (TPSA) is 136 Å². The lowest BCUT2D eigenvalue weighted by Crippen LogP contribution is -2.43. The summed E-state index contributed by atoms with van der Waals surface area (Å²) in [5.74, 6) is -1.84. The number of carboxylic acids is 1. The molecule has 0 bridgehead atoms. The molecular weight excluding hydrogens is 328 g/mol. The number of anilines is 2. The van der Waals surface area contributed by atoms with Gasteiger partial charge in [0.05, 0.1) is 6.42 Å². The average Bonchev–Trinajstić information content (AvgIpc) is 2.57. The Kier molecular flexibility index (Phi) is 7.90. The van der Waals surface area contributed by atoms with Crippen LogP contribution in [0.4, 0.5) is 11.5 Å². The van der Waals surface area contributed by atoms with Crippen LogP contribution in [0, 0.1) is 0 Å². The second kappa shape index (κ2) is 9.65. The summed E-state index contributed by atoms with van der Waals surface area (Å²) >= 11 is 0. The molecule has 0 spiro atoms. The number of nitrogens with two attached hydrogens (primary N) is 1. The first-order valence-electron chi connectivity index (χ1n) is 8.48. The Morgan fingerprint density at radius 1 is 1.04 bits per heavy atom. The van der Waals surface area contributed by atoms with Crippen LogP contribution in [0.25, 0.3) is 0 Å². The van der Waals surface area contributed by atoms with Gasteiger partial charge < -0.3 is 16.2 Å². The van der Waals surface area contributed by atoms with E-state index in [2.05, 4.69) is 5.32 Å². The molecule has 1 aromatic heterocycles. The quantitative estimate of drug-likeness (QED) is 0.573. The minimum atomic E-state index is -1.11. The Morgan fingerprint density at radius 2 is 1.60 bits per heavy atom. The van der Waals surface area contributed by atoms with E-state index in [0.717, 1.165) is 17.4 Å². The molecule has 0 aliphatic rings. The van der Waals surface area contributed by atoms with Crippen molar-refractivity contribution in [2.75, 3.05) is 11.1 Å². The number of amides is 1. The van der Waals surface area contributed by atoms with E-state index in [4.69, 9.17) is 10.8 Å². The smallest absolute Gasteiger partial charge is 0.332 e. The first-order chi connectivity index (χ1) is 11.8. The number of hydrogen-bond acceptors (Lipinski definition) is 5. The van der Waals surface area contributed by atoms with Crippen molar-refractivity contribution >= 4 is 23.4 Å². The van der Waals surface area contributed by atoms with Crippen LogP contribution in [0.3, 0.4) is 0 Å². The first-order valence-corrected chi connectivity index (χ1v) is 8.48. The molecule has 0 aliphatic heterocycles. The van der Waals surface area contributed by atoms with Gasteiger partial charge in [0.25, 0.3) is 5.56 Å². The number of nitrogens with zero attached hydrogens (tertiary/aromatic N) is 2. The van der Waals surface area contributed by atoms with Crippen LogP contribution in [-0.4, -0.2) is 26.1 Å². The van der Waals surface area contributed by atoms with Crippen LogP contribution in [0.1, 0.15) is 52.4 Å². The molecule has 1 amide bonds. The van der Waals surface area contributed by atoms with E-state index in [1.807, 2.05) is 13.8 Å². The van der Waals surface area contributed by atoms with E-state index in [9.17, 15) is 19.2 Å². The summed E-state index contributed by atoms with van der Waals surface area (Å²) < 4.78 is 2.36. The van der Waals surface area contributed by atoms with Gasteiger partial charge in [0.2, 0.25) is 5.91 Å². The molecule has 25 heavy (non-hydrogen) atoms. The van der Waals surface area contributed by atoms with Gasteiger partial charge in [-0.25, -0.2) is 4.79 Å². The molecule has 0 aromatic carbocycles. The predicted octanol–water partition coefficient (Wildman–Crippen LogP) is 0.996. The van der Waals surface area contributed by atoms with E-state index in [-0.39, 0.29) is 30.9 Å². The Morgan fingerprint density at radius 3 is 2.12 bits per heavy atom. The number of carboxylic acid groups (broad SMARTS) is 1. The zero-order valence-corrected chi connectivity index (χ0v) is 14.7. The highest BCUT2D eigenvalue weighted by Crippen LogP contribution is 2.13. The van der Waals surface area contributed by atoms with E-state index >= 15 is 0 Å². The van der Waals surface area contributed by atoms with E-state index < -0.39 is 23.1 Å². The highest BCUT2D eigenvalue weighted by Gasteiger charge is 2.19. The lowest BCUT2D eigenvalue weighted by molar-refractivity contribution is -0.138. The first kappa shape index (κ1) is 20.5. The highest BCUT2D eigenvalue weighted by molar-refractivity contribution is 5.94. The molecule has 0 saturated heterocycles. The van der Waals surface area contributed by atoms with Crippen LogP contribution < -0.4 is 22.3 Å². The second-order valence-corrected chi connectivity index (χ2v) is 5.80. The third-order valence-electron chi connectivity index (χ3n) is 3.77. The molecule has 0 fully saturated rings. The predicted molar refractivity (Wildman–Crippen MR) is 94.7 cm³/mol. The van der Waals surface area contributed by atoms with Crippen LogP contribution in [0.15, 0.2) is 9.59 Å². The molecule has 0 aliphatic carbocycles. The fourth-order valence-electron chi connectivity index (χ4n) is 2.30. The summed E-state index contributed by atoms with van der Waals surface area (Å²) in [6.45, 7) is 4.47. The molecule has 4 N–H and O–H groups in total. The average molecular weight is 354 g/mol. The van der Waals surface area contributed by atoms with E-state index in [0.29, 0.717) is 19.4 Å². The maximum atomic E-state index is 12.6. The summed E-state index contributed by atoms with van der Waals surface area (Å²) in [5.41, 5.74) is 4.63. The molecule has 9 heteroatoms. The van der Waals surface area contributed by atoms with Crippen molar-refractivity contribution in [1.82, 2.24) is 9.13 Å². The summed E-state index contributed by atoms with van der Waals surface area (Å²) in [4.78, 5) is 47.5. The van der Waals surface area contributed by atoms with Gasteiger partial charge in [0.15, 0.2) is 0 Å². The zero-order chi connectivity index (χ0) is 19.0. The number of nitrogen functional groups attached to an aromatic ring is 1. The van der Waals surface area contributed by atoms with Crippen molar-refractivity contribution in [2.24, 2.45) is 0 Å². The number of carbonyl (C=O) groups is 2. The Bertz CT molecular complexity index is 735. The van der Waals surface area contributed by atoms with Gasteiger partial charge in [-0.2, -0.15) is 0 Å². The fraction of sp³-hybridized carbons (Fsp3) is 0.625. The van der Waals surface area contributed by atoms with Gasteiger partial charge in [0, 0.05) is 19.5 Å². The van der Waals surface area contributed by atoms with Crippen LogP contribution in [-0.2, 0) is 22.7 Å². The number of aromatic nitrogens is 2.